The van der Waals surface area contributed by atoms with Crippen molar-refractivity contribution >= 4 is 12.0 Å². The third-order valence-electron chi connectivity index (χ3n) is 7.53. The van der Waals surface area contributed by atoms with Crippen molar-refractivity contribution in [3.05, 3.63) is 0 Å². The van der Waals surface area contributed by atoms with Crippen LogP contribution in [0.25, 0.3) is 0 Å². The molecule has 0 N–H and O–H groups in total. The van der Waals surface area contributed by atoms with Crippen LogP contribution in [-0.4, -0.2) is 77.6 Å². The van der Waals surface area contributed by atoms with Gasteiger partial charge in [-0.05, 0) is 64.7 Å². The summed E-state index contributed by atoms with van der Waals surface area (Å²) in [6, 6.07) is 1.22. The van der Waals surface area contributed by atoms with Crippen LogP contribution in [0.15, 0.2) is 0 Å². The summed E-state index contributed by atoms with van der Waals surface area (Å²) >= 11 is 0. The molecule has 0 aromatic carbocycles. The molecule has 0 aromatic heterocycles. The van der Waals surface area contributed by atoms with Gasteiger partial charge in [-0.3, -0.25) is 9.69 Å². The highest BCUT2D eigenvalue weighted by Gasteiger charge is 2.62. The second-order valence-corrected chi connectivity index (χ2v) is 9.17. The zero-order chi connectivity index (χ0) is 19.3. The van der Waals surface area contributed by atoms with E-state index >= 15 is 0 Å². The van der Waals surface area contributed by atoms with Crippen molar-refractivity contribution in [2.45, 2.75) is 65.1 Å². The van der Waals surface area contributed by atoms with Gasteiger partial charge in [0.1, 0.15) is 0 Å². The number of carbonyl (C=O) groups is 2. The van der Waals surface area contributed by atoms with E-state index in [1.807, 2.05) is 16.7 Å². The molecule has 5 unspecified atom stereocenters. The molecular formula is C21H35N3O3. The fourth-order valence-electron chi connectivity index (χ4n) is 6.13. The first kappa shape index (κ1) is 19.0. The highest BCUT2D eigenvalue weighted by molar-refractivity contribution is 5.83. The molecular weight excluding hydrogens is 342 g/mol. The van der Waals surface area contributed by atoms with E-state index in [0.717, 1.165) is 39.0 Å². The van der Waals surface area contributed by atoms with Crippen LogP contribution in [-0.2, 0) is 9.53 Å². The molecule has 2 amide bonds. The van der Waals surface area contributed by atoms with Gasteiger partial charge in [0.15, 0.2) is 0 Å². The van der Waals surface area contributed by atoms with Crippen LogP contribution in [0, 0.1) is 23.7 Å². The fourth-order valence-corrected chi connectivity index (χ4v) is 6.13. The Morgan fingerprint density at radius 3 is 2.33 bits per heavy atom. The number of hydrogen-bond donors (Lipinski definition) is 0. The number of hydrogen-bond acceptors (Lipinski definition) is 4. The molecule has 5 aliphatic rings. The summed E-state index contributed by atoms with van der Waals surface area (Å²) in [6.45, 7) is 12.4. The smallest absolute Gasteiger partial charge is 0.410 e. The zero-order valence-corrected chi connectivity index (χ0v) is 17.3. The van der Waals surface area contributed by atoms with Crippen LogP contribution in [0.4, 0.5) is 4.79 Å². The van der Waals surface area contributed by atoms with Gasteiger partial charge in [-0.2, -0.15) is 0 Å². The summed E-state index contributed by atoms with van der Waals surface area (Å²) in [5.41, 5.74) is 0. The highest BCUT2D eigenvalue weighted by Crippen LogP contribution is 2.54. The zero-order valence-electron chi connectivity index (χ0n) is 17.3. The van der Waals surface area contributed by atoms with Crippen LogP contribution in [0.3, 0.4) is 0 Å². The van der Waals surface area contributed by atoms with E-state index in [2.05, 4.69) is 25.7 Å². The molecule has 6 nitrogen and oxygen atoms in total. The molecule has 27 heavy (non-hydrogen) atoms. The molecule has 2 saturated carbocycles. The number of rotatable bonds is 5. The average molecular weight is 378 g/mol. The van der Waals surface area contributed by atoms with Gasteiger partial charge in [-0.15, -0.1) is 0 Å². The van der Waals surface area contributed by atoms with Crippen molar-refractivity contribution in [1.29, 1.82) is 0 Å². The molecule has 0 radical (unpaired) electrons. The van der Waals surface area contributed by atoms with Crippen LogP contribution < -0.4 is 0 Å². The lowest BCUT2D eigenvalue weighted by Crippen LogP contribution is -2.60. The second-order valence-electron chi connectivity index (χ2n) is 9.17. The lowest BCUT2D eigenvalue weighted by atomic mass is 9.75. The number of nitrogens with zero attached hydrogens (tertiary/aromatic N) is 3. The molecule has 5 rings (SSSR count). The summed E-state index contributed by atoms with van der Waals surface area (Å²) in [5.74, 6) is 2.33. The minimum Gasteiger partial charge on any atom is -0.450 e. The van der Waals surface area contributed by atoms with E-state index in [-0.39, 0.29) is 12.0 Å². The van der Waals surface area contributed by atoms with E-state index in [4.69, 9.17) is 4.74 Å². The molecule has 152 valence electrons. The van der Waals surface area contributed by atoms with Gasteiger partial charge in [-0.1, -0.05) is 0 Å². The molecule has 0 spiro atoms. The van der Waals surface area contributed by atoms with Gasteiger partial charge in [-0.25, -0.2) is 4.79 Å². The lowest BCUT2D eigenvalue weighted by Gasteiger charge is -2.51. The third kappa shape index (κ3) is 3.24. The fraction of sp³-hybridized carbons (Fsp3) is 0.905. The average Bonchev–Trinajstić information content (AvgIpc) is 3.16. The molecule has 3 aliphatic heterocycles. The second kappa shape index (κ2) is 7.26. The maximum absolute atomic E-state index is 12.8. The monoisotopic (exact) mass is 377 g/mol. The highest BCUT2D eigenvalue weighted by atomic mass is 16.6. The molecule has 5 atom stereocenters. The van der Waals surface area contributed by atoms with E-state index in [0.29, 0.717) is 48.4 Å². The summed E-state index contributed by atoms with van der Waals surface area (Å²) in [7, 11) is 0. The molecule has 0 aromatic rings. The van der Waals surface area contributed by atoms with Gasteiger partial charge >= 0.3 is 6.09 Å². The van der Waals surface area contributed by atoms with Gasteiger partial charge in [0.2, 0.25) is 5.91 Å². The number of amides is 2. The van der Waals surface area contributed by atoms with Crippen molar-refractivity contribution < 1.29 is 14.3 Å². The Balaban J connectivity index is 1.33. The first-order valence-electron chi connectivity index (χ1n) is 10.9. The standard InChI is InChI=1S/C21H35N3O3/c1-5-23(13(3)4)20(25)19-16-11-22(12-17(16)19)18-9-15-8-7-14(18)10-24(15)21(26)27-6-2/h13-19H,5-12H2,1-4H3. The van der Waals surface area contributed by atoms with Crippen LogP contribution >= 0.6 is 0 Å². The van der Waals surface area contributed by atoms with Crippen LogP contribution in [0.5, 0.6) is 0 Å². The number of ether oxygens (including phenoxy) is 1. The predicted octanol–water partition coefficient (Wildman–Crippen LogP) is 2.43. The number of carbonyl (C=O) groups excluding carboxylic acids is 2. The Kier molecular flexibility index (Phi) is 5.12. The molecule has 6 heteroatoms. The number of likely N-dealkylation sites (tertiary alicyclic amines) is 1. The summed E-state index contributed by atoms with van der Waals surface area (Å²) in [5, 5.41) is 0. The normalized spacial score (nSPS) is 37.4. The predicted molar refractivity (Wildman–Crippen MR) is 103 cm³/mol. The van der Waals surface area contributed by atoms with E-state index in [1.165, 1.54) is 6.42 Å². The minimum atomic E-state index is -0.131. The third-order valence-corrected chi connectivity index (χ3v) is 7.53. The van der Waals surface area contributed by atoms with Crippen molar-refractivity contribution in [2.24, 2.45) is 23.7 Å². The quantitative estimate of drug-likeness (QED) is 0.738. The number of piperidine rings is 3. The molecule has 3 saturated heterocycles. The van der Waals surface area contributed by atoms with Gasteiger partial charge in [0.05, 0.1) is 6.61 Å². The summed E-state index contributed by atoms with van der Waals surface area (Å²) < 4.78 is 5.24. The largest absolute Gasteiger partial charge is 0.450 e. The van der Waals surface area contributed by atoms with Crippen molar-refractivity contribution in [3.8, 4) is 0 Å². The topological polar surface area (TPSA) is 53.1 Å². The van der Waals surface area contributed by atoms with Gasteiger partial charge in [0, 0.05) is 50.2 Å². The van der Waals surface area contributed by atoms with E-state index in [9.17, 15) is 9.59 Å². The Morgan fingerprint density at radius 1 is 1.11 bits per heavy atom. The van der Waals surface area contributed by atoms with Crippen molar-refractivity contribution in [2.75, 3.05) is 32.8 Å². The van der Waals surface area contributed by atoms with Gasteiger partial charge in [0.25, 0.3) is 0 Å². The van der Waals surface area contributed by atoms with Crippen molar-refractivity contribution in [1.82, 2.24) is 14.7 Å². The Labute approximate surface area is 163 Å². The van der Waals surface area contributed by atoms with Crippen LogP contribution in [0.1, 0.15) is 47.0 Å². The molecule has 2 bridgehead atoms. The first-order valence-corrected chi connectivity index (χ1v) is 10.9. The minimum absolute atomic E-state index is 0.131. The van der Waals surface area contributed by atoms with E-state index < -0.39 is 0 Å². The van der Waals surface area contributed by atoms with Gasteiger partial charge < -0.3 is 14.5 Å². The Hall–Kier alpha value is -1.30. The summed E-state index contributed by atoms with van der Waals surface area (Å²) in [4.78, 5) is 31.7. The lowest BCUT2D eigenvalue weighted by molar-refractivity contribution is -0.135. The molecule has 2 aliphatic carbocycles. The maximum Gasteiger partial charge on any atom is 0.410 e. The SMILES string of the molecule is CCOC(=O)N1CC2CCC1CC2N1CC2C(C1)C2C(=O)N(CC)C(C)C. The first-order chi connectivity index (χ1) is 13.0. The summed E-state index contributed by atoms with van der Waals surface area (Å²) in [6.07, 6.45) is 3.28. The maximum atomic E-state index is 12.8. The Bertz CT molecular complexity index is 583. The van der Waals surface area contributed by atoms with Crippen molar-refractivity contribution in [3.63, 3.8) is 0 Å². The molecule has 5 fully saturated rings. The Morgan fingerprint density at radius 2 is 1.81 bits per heavy atom. The van der Waals surface area contributed by atoms with E-state index in [1.54, 1.807) is 0 Å². The molecule has 3 heterocycles. The number of fused-ring (bicyclic) bond motifs is 4. The van der Waals surface area contributed by atoms with Crippen LogP contribution in [0.2, 0.25) is 0 Å².